The Labute approximate surface area is 98.5 Å². The number of hydrogen-bond acceptors (Lipinski definition) is 1. The molecule has 2 atom stereocenters. The van der Waals surface area contributed by atoms with Crippen LogP contribution in [0.4, 0.5) is 0 Å². The van der Waals surface area contributed by atoms with Gasteiger partial charge < -0.3 is 0 Å². The molecule has 0 N–H and O–H groups in total. The van der Waals surface area contributed by atoms with E-state index in [2.05, 4.69) is 42.2 Å². The van der Waals surface area contributed by atoms with Crippen molar-refractivity contribution < 1.29 is 0 Å². The van der Waals surface area contributed by atoms with Gasteiger partial charge in [-0.15, -0.1) is 0 Å². The van der Waals surface area contributed by atoms with Gasteiger partial charge in [-0.25, -0.2) is 0 Å². The summed E-state index contributed by atoms with van der Waals surface area (Å²) in [7, 11) is 0. The van der Waals surface area contributed by atoms with Gasteiger partial charge >= 0.3 is 0 Å². The highest BCUT2D eigenvalue weighted by atomic mass is 15.2. The Kier molecular flexibility index (Phi) is 2.72. The van der Waals surface area contributed by atoms with Crippen LogP contribution in [0.2, 0.25) is 0 Å². The molecule has 1 nitrogen and oxygen atoms in total. The third kappa shape index (κ3) is 1.78. The molecule has 1 aliphatic heterocycles. The van der Waals surface area contributed by atoms with Crippen molar-refractivity contribution in [3.8, 4) is 0 Å². The first-order valence-electron chi connectivity index (χ1n) is 6.63. The van der Waals surface area contributed by atoms with Gasteiger partial charge in [0, 0.05) is 25.0 Å². The Hall–Kier alpha value is -0.820. The zero-order valence-electron chi connectivity index (χ0n) is 10.1. The van der Waals surface area contributed by atoms with Gasteiger partial charge in [-0.05, 0) is 24.3 Å². The number of hydrogen-bond donors (Lipinski definition) is 0. The summed E-state index contributed by atoms with van der Waals surface area (Å²) in [5.41, 5.74) is 1.54. The standard InChI is InChI=1S/C15H21N/c1-12-10-16(14-8-5-9-14)11-15(12)13-6-3-2-4-7-13/h2-4,6-7,12,14-15H,5,8-11H2,1H3. The smallest absolute Gasteiger partial charge is 0.00956 e. The number of nitrogens with zero attached hydrogens (tertiary/aromatic N) is 1. The second kappa shape index (κ2) is 4.21. The van der Waals surface area contributed by atoms with Crippen LogP contribution in [0.5, 0.6) is 0 Å². The lowest BCUT2D eigenvalue weighted by atomic mass is 9.90. The quantitative estimate of drug-likeness (QED) is 0.732. The zero-order valence-corrected chi connectivity index (χ0v) is 10.1. The molecule has 1 saturated carbocycles. The molecule has 0 bridgehead atoms. The predicted molar refractivity (Wildman–Crippen MR) is 67.6 cm³/mol. The van der Waals surface area contributed by atoms with Crippen molar-refractivity contribution in [2.45, 2.75) is 38.1 Å². The molecule has 86 valence electrons. The minimum atomic E-state index is 0.766. The van der Waals surface area contributed by atoms with E-state index in [0.717, 1.165) is 17.9 Å². The van der Waals surface area contributed by atoms with Gasteiger partial charge in [-0.3, -0.25) is 4.90 Å². The molecule has 2 fully saturated rings. The normalized spacial score (nSPS) is 31.6. The second-order valence-corrected chi connectivity index (χ2v) is 5.53. The summed E-state index contributed by atoms with van der Waals surface area (Å²) in [6, 6.07) is 12.0. The molecule has 16 heavy (non-hydrogen) atoms. The zero-order chi connectivity index (χ0) is 11.0. The molecule has 3 rings (SSSR count). The highest BCUT2D eigenvalue weighted by Crippen LogP contribution is 2.37. The van der Waals surface area contributed by atoms with Gasteiger partial charge in [0.1, 0.15) is 0 Å². The largest absolute Gasteiger partial charge is 0.299 e. The Morgan fingerprint density at radius 3 is 2.44 bits per heavy atom. The fourth-order valence-corrected chi connectivity index (χ4v) is 3.19. The minimum Gasteiger partial charge on any atom is -0.299 e. The van der Waals surface area contributed by atoms with Gasteiger partial charge in [-0.2, -0.15) is 0 Å². The molecule has 1 heterocycles. The van der Waals surface area contributed by atoms with Crippen molar-refractivity contribution in [2.75, 3.05) is 13.1 Å². The van der Waals surface area contributed by atoms with E-state index in [9.17, 15) is 0 Å². The molecule has 0 radical (unpaired) electrons. The summed E-state index contributed by atoms with van der Waals surface area (Å²) < 4.78 is 0. The average molecular weight is 215 g/mol. The fourth-order valence-electron chi connectivity index (χ4n) is 3.19. The molecule has 0 spiro atoms. The Bertz CT molecular complexity index is 342. The van der Waals surface area contributed by atoms with E-state index in [4.69, 9.17) is 0 Å². The summed E-state index contributed by atoms with van der Waals surface area (Å²) in [5, 5.41) is 0. The van der Waals surface area contributed by atoms with Crippen LogP contribution in [0.3, 0.4) is 0 Å². The van der Waals surface area contributed by atoms with Crippen molar-refractivity contribution in [3.63, 3.8) is 0 Å². The molecular weight excluding hydrogens is 194 g/mol. The van der Waals surface area contributed by atoms with Crippen molar-refractivity contribution in [3.05, 3.63) is 35.9 Å². The summed E-state index contributed by atoms with van der Waals surface area (Å²) in [6.07, 6.45) is 4.33. The van der Waals surface area contributed by atoms with Gasteiger partial charge in [0.25, 0.3) is 0 Å². The molecule has 2 unspecified atom stereocenters. The molecular formula is C15H21N. The maximum atomic E-state index is 2.73. The lowest BCUT2D eigenvalue weighted by Gasteiger charge is -2.34. The third-order valence-corrected chi connectivity index (χ3v) is 4.46. The highest BCUT2D eigenvalue weighted by Gasteiger charge is 2.36. The van der Waals surface area contributed by atoms with Crippen LogP contribution in [0.15, 0.2) is 30.3 Å². The van der Waals surface area contributed by atoms with Gasteiger partial charge in [0.05, 0.1) is 0 Å². The topological polar surface area (TPSA) is 3.24 Å². The van der Waals surface area contributed by atoms with Crippen LogP contribution < -0.4 is 0 Å². The van der Waals surface area contributed by atoms with Crippen LogP contribution in [-0.2, 0) is 0 Å². The van der Waals surface area contributed by atoms with Crippen molar-refractivity contribution in [1.29, 1.82) is 0 Å². The Balaban J connectivity index is 1.72. The molecule has 0 amide bonds. The van der Waals surface area contributed by atoms with Crippen LogP contribution in [0.1, 0.15) is 37.7 Å². The molecule has 0 aromatic heterocycles. The van der Waals surface area contributed by atoms with Gasteiger partial charge in [-0.1, -0.05) is 43.7 Å². The van der Waals surface area contributed by atoms with E-state index in [1.807, 2.05) is 0 Å². The third-order valence-electron chi connectivity index (χ3n) is 4.46. The molecule has 1 aromatic carbocycles. The monoisotopic (exact) mass is 215 g/mol. The summed E-state index contributed by atoms with van der Waals surface area (Å²) in [4.78, 5) is 2.73. The average Bonchev–Trinajstić information content (AvgIpc) is 2.59. The van der Waals surface area contributed by atoms with Gasteiger partial charge in [0.15, 0.2) is 0 Å². The van der Waals surface area contributed by atoms with E-state index < -0.39 is 0 Å². The van der Waals surface area contributed by atoms with Crippen LogP contribution >= 0.6 is 0 Å². The van der Waals surface area contributed by atoms with Crippen LogP contribution in [-0.4, -0.2) is 24.0 Å². The summed E-state index contributed by atoms with van der Waals surface area (Å²) in [5.74, 6) is 1.59. The lowest BCUT2D eigenvalue weighted by Crippen LogP contribution is -2.38. The van der Waals surface area contributed by atoms with Crippen molar-refractivity contribution in [2.24, 2.45) is 5.92 Å². The second-order valence-electron chi connectivity index (χ2n) is 5.53. The first-order valence-corrected chi connectivity index (χ1v) is 6.63. The summed E-state index contributed by atoms with van der Waals surface area (Å²) in [6.45, 7) is 5.01. The van der Waals surface area contributed by atoms with Crippen LogP contribution in [0.25, 0.3) is 0 Å². The highest BCUT2D eigenvalue weighted by molar-refractivity contribution is 5.22. The Morgan fingerprint density at radius 1 is 1.06 bits per heavy atom. The predicted octanol–water partition coefficient (Wildman–Crippen LogP) is 3.27. The first-order chi connectivity index (χ1) is 7.84. The molecule has 1 saturated heterocycles. The van der Waals surface area contributed by atoms with Crippen molar-refractivity contribution in [1.82, 2.24) is 4.90 Å². The number of benzene rings is 1. The summed E-state index contributed by atoms with van der Waals surface area (Å²) >= 11 is 0. The molecule has 2 aliphatic rings. The number of rotatable bonds is 2. The van der Waals surface area contributed by atoms with E-state index in [1.54, 1.807) is 0 Å². The SMILES string of the molecule is CC1CN(C2CCC2)CC1c1ccccc1. The van der Waals surface area contributed by atoms with E-state index in [1.165, 1.54) is 37.9 Å². The Morgan fingerprint density at radius 2 is 1.81 bits per heavy atom. The molecule has 1 heteroatoms. The lowest BCUT2D eigenvalue weighted by molar-refractivity contribution is 0.153. The molecule has 1 aromatic rings. The maximum Gasteiger partial charge on any atom is 0.00956 e. The first kappa shape index (κ1) is 10.3. The number of likely N-dealkylation sites (tertiary alicyclic amines) is 1. The molecule has 1 aliphatic carbocycles. The van der Waals surface area contributed by atoms with E-state index >= 15 is 0 Å². The van der Waals surface area contributed by atoms with Crippen molar-refractivity contribution >= 4 is 0 Å². The minimum absolute atomic E-state index is 0.766. The van der Waals surface area contributed by atoms with Crippen LogP contribution in [0, 0.1) is 5.92 Å². The van der Waals surface area contributed by atoms with E-state index in [-0.39, 0.29) is 0 Å². The maximum absolute atomic E-state index is 2.73. The van der Waals surface area contributed by atoms with E-state index in [0.29, 0.717) is 0 Å². The van der Waals surface area contributed by atoms with Gasteiger partial charge in [0.2, 0.25) is 0 Å². The fraction of sp³-hybridized carbons (Fsp3) is 0.600.